The Bertz CT molecular complexity index is 320. The van der Waals surface area contributed by atoms with Gasteiger partial charge in [0.05, 0.1) is 0 Å². The maximum absolute atomic E-state index is 3.35. The quantitative estimate of drug-likeness (QED) is 0.455. The van der Waals surface area contributed by atoms with Crippen molar-refractivity contribution >= 4 is 0 Å². The van der Waals surface area contributed by atoms with Crippen LogP contribution in [-0.4, -0.2) is 0 Å². The predicted octanol–water partition coefficient (Wildman–Crippen LogP) is 2.29. The SMILES string of the molecule is C1#C[C@H]2CCC1C1=CC2=CC1. The molecule has 0 radical (unpaired) electrons. The highest BCUT2D eigenvalue weighted by Gasteiger charge is 2.27. The molecule has 11 heavy (non-hydrogen) atoms. The Morgan fingerprint density at radius 1 is 1.18 bits per heavy atom. The first-order chi connectivity index (χ1) is 5.43. The molecule has 0 saturated carbocycles. The first-order valence-electron chi connectivity index (χ1n) is 4.35. The number of hydrogen-bond donors (Lipinski definition) is 0. The highest BCUT2D eigenvalue weighted by molar-refractivity contribution is 5.46. The molecule has 2 atom stereocenters. The van der Waals surface area contributed by atoms with Crippen molar-refractivity contribution in [1.82, 2.24) is 0 Å². The molecule has 4 aliphatic rings. The van der Waals surface area contributed by atoms with E-state index in [0.717, 1.165) is 0 Å². The zero-order valence-corrected chi connectivity index (χ0v) is 6.43. The molecular formula is C11H10. The van der Waals surface area contributed by atoms with Gasteiger partial charge in [0.25, 0.3) is 0 Å². The topological polar surface area (TPSA) is 0 Å². The summed E-state index contributed by atoms with van der Waals surface area (Å²) in [5.41, 5.74) is 3.08. The van der Waals surface area contributed by atoms with Crippen molar-refractivity contribution in [2.24, 2.45) is 11.8 Å². The standard InChI is InChI=1S/C11H10/c1-2-9-4-3-8(1)10-5-6-11(9)7-10/h5,7-9H,1-2,6H2/t8-,9?/m1/s1. The molecule has 0 amide bonds. The lowest BCUT2D eigenvalue weighted by Gasteiger charge is -2.18. The lowest BCUT2D eigenvalue weighted by Crippen LogP contribution is -2.09. The van der Waals surface area contributed by atoms with Gasteiger partial charge in [-0.1, -0.05) is 29.6 Å². The summed E-state index contributed by atoms with van der Waals surface area (Å²) < 4.78 is 0. The molecule has 0 nitrogen and oxygen atoms in total. The van der Waals surface area contributed by atoms with Crippen molar-refractivity contribution in [3.63, 3.8) is 0 Å². The van der Waals surface area contributed by atoms with Crippen LogP contribution in [0.1, 0.15) is 19.3 Å². The number of fused-ring (bicyclic) bond motifs is 1. The monoisotopic (exact) mass is 142 g/mol. The van der Waals surface area contributed by atoms with Crippen molar-refractivity contribution in [3.05, 3.63) is 23.3 Å². The zero-order chi connectivity index (χ0) is 7.26. The summed E-state index contributed by atoms with van der Waals surface area (Å²) in [5, 5.41) is 0. The third kappa shape index (κ3) is 0.661. The second-order valence-corrected chi connectivity index (χ2v) is 3.60. The second kappa shape index (κ2) is 1.80. The van der Waals surface area contributed by atoms with Gasteiger partial charge >= 0.3 is 0 Å². The van der Waals surface area contributed by atoms with Gasteiger partial charge in [-0.05, 0) is 24.8 Å². The van der Waals surface area contributed by atoms with Gasteiger partial charge in [0.1, 0.15) is 0 Å². The fourth-order valence-electron chi connectivity index (χ4n) is 2.26. The van der Waals surface area contributed by atoms with Gasteiger partial charge in [-0.25, -0.2) is 0 Å². The molecule has 0 aromatic carbocycles. The molecule has 0 fully saturated rings. The fraction of sp³-hybridized carbons (Fsp3) is 0.455. The lowest BCUT2D eigenvalue weighted by atomic mass is 9.85. The Morgan fingerprint density at radius 2 is 2.00 bits per heavy atom. The number of rotatable bonds is 0. The van der Waals surface area contributed by atoms with Crippen LogP contribution < -0.4 is 0 Å². The van der Waals surface area contributed by atoms with E-state index < -0.39 is 0 Å². The summed E-state index contributed by atoms with van der Waals surface area (Å²) in [6.07, 6.45) is 8.52. The van der Waals surface area contributed by atoms with E-state index >= 15 is 0 Å². The van der Waals surface area contributed by atoms with Gasteiger partial charge < -0.3 is 0 Å². The van der Waals surface area contributed by atoms with E-state index in [4.69, 9.17) is 0 Å². The average molecular weight is 142 g/mol. The Balaban J connectivity index is 2.20. The third-order valence-electron chi connectivity index (χ3n) is 2.95. The Labute approximate surface area is 67.0 Å². The van der Waals surface area contributed by atoms with E-state index in [2.05, 4.69) is 24.0 Å². The van der Waals surface area contributed by atoms with E-state index in [1.165, 1.54) is 24.8 Å². The molecule has 0 N–H and O–H groups in total. The molecule has 0 aromatic rings. The molecule has 4 aliphatic carbocycles. The van der Waals surface area contributed by atoms with E-state index in [1.807, 2.05) is 0 Å². The normalized spacial score (nSPS) is 37.1. The molecule has 0 aliphatic heterocycles. The first kappa shape index (κ1) is 5.66. The van der Waals surface area contributed by atoms with Crippen molar-refractivity contribution in [1.29, 1.82) is 0 Å². The molecule has 0 spiro atoms. The molecule has 4 bridgehead atoms. The maximum Gasteiger partial charge on any atom is 0.0450 e. The van der Waals surface area contributed by atoms with Gasteiger partial charge in [-0.3, -0.25) is 0 Å². The predicted molar refractivity (Wildman–Crippen MR) is 44.8 cm³/mol. The largest absolute Gasteiger partial charge is 0.0948 e. The maximum atomic E-state index is 3.35. The van der Waals surface area contributed by atoms with E-state index in [1.54, 1.807) is 5.57 Å². The van der Waals surface area contributed by atoms with Crippen molar-refractivity contribution in [2.75, 3.05) is 0 Å². The first-order valence-corrected chi connectivity index (χ1v) is 4.35. The average Bonchev–Trinajstić information content (AvgIpc) is 2.38. The number of allylic oxidation sites excluding steroid dienone is 4. The van der Waals surface area contributed by atoms with Crippen molar-refractivity contribution in [3.8, 4) is 11.8 Å². The zero-order valence-electron chi connectivity index (χ0n) is 6.43. The van der Waals surface area contributed by atoms with Gasteiger partial charge in [-0.2, -0.15) is 0 Å². The van der Waals surface area contributed by atoms with Crippen molar-refractivity contribution in [2.45, 2.75) is 19.3 Å². The van der Waals surface area contributed by atoms with Gasteiger partial charge in [0.15, 0.2) is 0 Å². The summed E-state index contributed by atoms with van der Waals surface area (Å²) >= 11 is 0. The molecular weight excluding hydrogens is 132 g/mol. The highest BCUT2D eigenvalue weighted by Crippen LogP contribution is 2.39. The van der Waals surface area contributed by atoms with Crippen LogP contribution in [0.4, 0.5) is 0 Å². The molecule has 0 aromatic heterocycles. The summed E-state index contributed by atoms with van der Waals surface area (Å²) in [6, 6.07) is 0. The number of hydrogen-bond acceptors (Lipinski definition) is 0. The van der Waals surface area contributed by atoms with Crippen LogP contribution >= 0.6 is 0 Å². The second-order valence-electron chi connectivity index (χ2n) is 3.60. The Morgan fingerprint density at radius 3 is 2.82 bits per heavy atom. The molecule has 0 saturated heterocycles. The van der Waals surface area contributed by atoms with Gasteiger partial charge in [-0.15, -0.1) is 0 Å². The van der Waals surface area contributed by atoms with E-state index in [0.29, 0.717) is 11.8 Å². The molecule has 54 valence electrons. The van der Waals surface area contributed by atoms with Gasteiger partial charge in [0.2, 0.25) is 0 Å². The van der Waals surface area contributed by atoms with Crippen LogP contribution in [0.3, 0.4) is 0 Å². The summed E-state index contributed by atoms with van der Waals surface area (Å²) in [4.78, 5) is 0. The minimum atomic E-state index is 0.589. The molecule has 1 unspecified atom stereocenters. The molecule has 0 heterocycles. The lowest BCUT2D eigenvalue weighted by molar-refractivity contribution is 0.571. The Hall–Kier alpha value is -0.960. The highest BCUT2D eigenvalue weighted by atomic mass is 14.3. The minimum Gasteiger partial charge on any atom is -0.0948 e. The fourth-order valence-corrected chi connectivity index (χ4v) is 2.26. The van der Waals surface area contributed by atoms with Gasteiger partial charge in [0, 0.05) is 11.8 Å². The molecule has 0 heteroatoms. The van der Waals surface area contributed by atoms with Crippen LogP contribution in [-0.2, 0) is 0 Å². The smallest absolute Gasteiger partial charge is 0.0450 e. The van der Waals surface area contributed by atoms with E-state index in [-0.39, 0.29) is 0 Å². The third-order valence-corrected chi connectivity index (χ3v) is 2.95. The summed E-state index contributed by atoms with van der Waals surface area (Å²) in [6.45, 7) is 0. The Kier molecular flexibility index (Phi) is 0.924. The summed E-state index contributed by atoms with van der Waals surface area (Å²) in [5.74, 6) is 7.90. The van der Waals surface area contributed by atoms with Crippen LogP contribution in [0.25, 0.3) is 0 Å². The van der Waals surface area contributed by atoms with Crippen molar-refractivity contribution < 1.29 is 0 Å². The summed E-state index contributed by atoms with van der Waals surface area (Å²) in [7, 11) is 0. The van der Waals surface area contributed by atoms with Crippen LogP contribution in [0.5, 0.6) is 0 Å². The minimum absolute atomic E-state index is 0.589. The van der Waals surface area contributed by atoms with Crippen LogP contribution in [0.15, 0.2) is 23.3 Å². The van der Waals surface area contributed by atoms with Crippen LogP contribution in [0, 0.1) is 23.7 Å². The van der Waals surface area contributed by atoms with Crippen LogP contribution in [0.2, 0.25) is 0 Å². The van der Waals surface area contributed by atoms with E-state index in [9.17, 15) is 0 Å². The molecule has 4 rings (SSSR count).